The Balaban J connectivity index is 2.03. The predicted octanol–water partition coefficient (Wildman–Crippen LogP) is 1.29. The van der Waals surface area contributed by atoms with Crippen LogP contribution in [0.5, 0.6) is 0 Å². The van der Waals surface area contributed by atoms with Gasteiger partial charge < -0.3 is 15.5 Å². The number of hydrogen-bond donors (Lipinski definition) is 2. The summed E-state index contributed by atoms with van der Waals surface area (Å²) in [5, 5.41) is 6.34. The molecule has 0 aromatic heterocycles. The summed E-state index contributed by atoms with van der Waals surface area (Å²) >= 11 is 0. The number of nitrogens with zero attached hydrogens (tertiary/aromatic N) is 2. The first-order chi connectivity index (χ1) is 9.99. The Kier molecular flexibility index (Phi) is 5.20. The van der Waals surface area contributed by atoms with E-state index < -0.39 is 0 Å². The Bertz CT molecular complexity index is 495. The molecule has 5 nitrogen and oxygen atoms in total. The first kappa shape index (κ1) is 15.8. The molecule has 116 valence electrons. The van der Waals surface area contributed by atoms with Crippen molar-refractivity contribution < 1.29 is 4.79 Å². The molecule has 0 spiro atoms. The van der Waals surface area contributed by atoms with Gasteiger partial charge in [0.2, 0.25) is 5.91 Å². The summed E-state index contributed by atoms with van der Waals surface area (Å²) in [4.78, 5) is 16.7. The van der Waals surface area contributed by atoms with E-state index in [-0.39, 0.29) is 11.9 Å². The van der Waals surface area contributed by atoms with E-state index >= 15 is 0 Å². The molecule has 2 N–H and O–H groups in total. The molecular weight excluding hydrogens is 264 g/mol. The summed E-state index contributed by atoms with van der Waals surface area (Å²) in [6, 6.07) is 5.93. The summed E-state index contributed by atoms with van der Waals surface area (Å²) < 4.78 is 0. The van der Waals surface area contributed by atoms with Crippen LogP contribution in [0.25, 0.3) is 0 Å². The van der Waals surface area contributed by atoms with Gasteiger partial charge in [-0.15, -0.1) is 0 Å². The van der Waals surface area contributed by atoms with E-state index in [9.17, 15) is 4.79 Å². The first-order valence-electron chi connectivity index (χ1n) is 7.52. The molecule has 1 amide bonds. The van der Waals surface area contributed by atoms with Gasteiger partial charge in [-0.1, -0.05) is 6.07 Å². The van der Waals surface area contributed by atoms with Crippen molar-refractivity contribution in [2.45, 2.75) is 19.9 Å². The van der Waals surface area contributed by atoms with Gasteiger partial charge in [0, 0.05) is 51.6 Å². The lowest BCUT2D eigenvalue weighted by molar-refractivity contribution is -0.120. The van der Waals surface area contributed by atoms with E-state index in [4.69, 9.17) is 0 Å². The summed E-state index contributed by atoms with van der Waals surface area (Å²) in [6.45, 7) is 7.79. The van der Waals surface area contributed by atoms with Crippen molar-refractivity contribution in [3.05, 3.63) is 23.8 Å². The molecule has 1 aliphatic rings. The van der Waals surface area contributed by atoms with Gasteiger partial charge in [0.25, 0.3) is 0 Å². The van der Waals surface area contributed by atoms with Gasteiger partial charge in [-0.3, -0.25) is 9.69 Å². The van der Waals surface area contributed by atoms with Crippen molar-refractivity contribution in [3.63, 3.8) is 0 Å². The molecule has 0 aliphatic carbocycles. The molecule has 5 heteroatoms. The van der Waals surface area contributed by atoms with Crippen molar-refractivity contribution in [2.24, 2.45) is 0 Å². The molecule has 0 saturated carbocycles. The van der Waals surface area contributed by atoms with Crippen LogP contribution in [0.2, 0.25) is 0 Å². The van der Waals surface area contributed by atoms with E-state index in [1.165, 1.54) is 5.56 Å². The van der Waals surface area contributed by atoms with Gasteiger partial charge >= 0.3 is 0 Å². The van der Waals surface area contributed by atoms with Crippen molar-refractivity contribution in [1.82, 2.24) is 10.2 Å². The predicted molar refractivity (Wildman–Crippen MR) is 88.0 cm³/mol. The number of aryl methyl sites for hydroxylation is 1. The second-order valence-corrected chi connectivity index (χ2v) is 5.85. The molecule has 1 fully saturated rings. The molecule has 2 rings (SSSR count). The van der Waals surface area contributed by atoms with E-state index in [0.29, 0.717) is 0 Å². The number of piperazine rings is 1. The molecule has 0 bridgehead atoms. The summed E-state index contributed by atoms with van der Waals surface area (Å²) in [5.41, 5.74) is 3.19. The largest absolute Gasteiger partial charge is 0.377 e. The van der Waals surface area contributed by atoms with Gasteiger partial charge in [0.15, 0.2) is 0 Å². The second-order valence-electron chi connectivity index (χ2n) is 5.85. The van der Waals surface area contributed by atoms with E-state index in [1.54, 1.807) is 0 Å². The zero-order valence-corrected chi connectivity index (χ0v) is 13.4. The highest BCUT2D eigenvalue weighted by atomic mass is 16.2. The standard InChI is InChI=1S/C16H26N4O/c1-12-5-6-14(11-15(12)19(3)4)18-16(21)13(2)20-9-7-17-8-10-20/h5-6,11,13,17H,7-10H2,1-4H3,(H,18,21). The molecule has 1 aromatic rings. The van der Waals surface area contributed by atoms with Crippen LogP contribution in [0.15, 0.2) is 18.2 Å². The molecule has 1 saturated heterocycles. The quantitative estimate of drug-likeness (QED) is 0.877. The number of rotatable bonds is 4. The van der Waals surface area contributed by atoms with Gasteiger partial charge in [-0.2, -0.15) is 0 Å². The average molecular weight is 290 g/mol. The third-order valence-electron chi connectivity index (χ3n) is 4.04. The third kappa shape index (κ3) is 3.95. The molecule has 1 unspecified atom stereocenters. The molecular formula is C16H26N4O. The van der Waals surface area contributed by atoms with Gasteiger partial charge in [0.1, 0.15) is 0 Å². The summed E-state index contributed by atoms with van der Waals surface area (Å²) in [7, 11) is 4.02. The first-order valence-corrected chi connectivity index (χ1v) is 7.52. The highest BCUT2D eigenvalue weighted by molar-refractivity contribution is 5.95. The summed E-state index contributed by atoms with van der Waals surface area (Å²) in [6.07, 6.45) is 0. The normalized spacial score (nSPS) is 17.3. The third-order valence-corrected chi connectivity index (χ3v) is 4.04. The van der Waals surface area contributed by atoms with Crippen LogP contribution < -0.4 is 15.5 Å². The highest BCUT2D eigenvalue weighted by Crippen LogP contribution is 2.22. The van der Waals surface area contributed by atoms with Crippen LogP contribution in [0.3, 0.4) is 0 Å². The molecule has 1 heterocycles. The highest BCUT2D eigenvalue weighted by Gasteiger charge is 2.22. The topological polar surface area (TPSA) is 47.6 Å². The SMILES string of the molecule is Cc1ccc(NC(=O)C(C)N2CCNCC2)cc1N(C)C. The van der Waals surface area contributed by atoms with E-state index in [0.717, 1.165) is 37.6 Å². The molecule has 1 aromatic carbocycles. The summed E-state index contributed by atoms with van der Waals surface area (Å²) in [5.74, 6) is 0.0606. The lowest BCUT2D eigenvalue weighted by Gasteiger charge is -2.31. The van der Waals surface area contributed by atoms with Crippen LogP contribution in [0.4, 0.5) is 11.4 Å². The zero-order chi connectivity index (χ0) is 15.4. The Morgan fingerprint density at radius 3 is 2.62 bits per heavy atom. The monoisotopic (exact) mass is 290 g/mol. The lowest BCUT2D eigenvalue weighted by atomic mass is 10.1. The molecule has 1 atom stereocenters. The van der Waals surface area contributed by atoms with Gasteiger partial charge in [0.05, 0.1) is 6.04 Å². The number of carbonyl (C=O) groups excluding carboxylic acids is 1. The lowest BCUT2D eigenvalue weighted by Crippen LogP contribution is -2.51. The van der Waals surface area contributed by atoms with Crippen LogP contribution in [-0.2, 0) is 4.79 Å². The maximum Gasteiger partial charge on any atom is 0.241 e. The van der Waals surface area contributed by atoms with E-state index in [1.807, 2.05) is 39.2 Å². The number of carbonyl (C=O) groups is 1. The van der Waals surface area contributed by atoms with Gasteiger partial charge in [-0.05, 0) is 31.5 Å². The van der Waals surface area contributed by atoms with Crippen LogP contribution in [0.1, 0.15) is 12.5 Å². The minimum atomic E-state index is -0.101. The maximum absolute atomic E-state index is 12.4. The number of anilines is 2. The van der Waals surface area contributed by atoms with Crippen molar-refractivity contribution >= 4 is 17.3 Å². The Labute approximate surface area is 127 Å². The number of hydrogen-bond acceptors (Lipinski definition) is 4. The molecule has 1 aliphatic heterocycles. The number of benzene rings is 1. The van der Waals surface area contributed by atoms with Crippen LogP contribution in [-0.4, -0.2) is 57.1 Å². The maximum atomic E-state index is 12.4. The smallest absolute Gasteiger partial charge is 0.241 e. The fourth-order valence-electron chi connectivity index (χ4n) is 2.65. The molecule has 21 heavy (non-hydrogen) atoms. The number of amides is 1. The average Bonchev–Trinajstić information content (AvgIpc) is 2.49. The minimum absolute atomic E-state index is 0.0606. The van der Waals surface area contributed by atoms with Crippen LogP contribution in [0, 0.1) is 6.92 Å². The van der Waals surface area contributed by atoms with Crippen LogP contribution >= 0.6 is 0 Å². The fourth-order valence-corrected chi connectivity index (χ4v) is 2.65. The van der Waals surface area contributed by atoms with Crippen molar-refractivity contribution in [1.29, 1.82) is 0 Å². The Hall–Kier alpha value is -1.59. The number of nitrogens with one attached hydrogen (secondary N) is 2. The molecule has 0 radical (unpaired) electrons. The Morgan fingerprint density at radius 2 is 2.00 bits per heavy atom. The van der Waals surface area contributed by atoms with Gasteiger partial charge in [-0.25, -0.2) is 0 Å². The minimum Gasteiger partial charge on any atom is -0.377 e. The Morgan fingerprint density at radius 1 is 1.33 bits per heavy atom. The second kappa shape index (κ2) is 6.91. The van der Waals surface area contributed by atoms with E-state index in [2.05, 4.69) is 27.4 Å². The van der Waals surface area contributed by atoms with Crippen molar-refractivity contribution in [3.8, 4) is 0 Å². The fraction of sp³-hybridized carbons (Fsp3) is 0.562. The van der Waals surface area contributed by atoms with Crippen molar-refractivity contribution in [2.75, 3.05) is 50.5 Å². The zero-order valence-electron chi connectivity index (χ0n) is 13.4.